The summed E-state index contributed by atoms with van der Waals surface area (Å²) in [7, 11) is 0. The van der Waals surface area contributed by atoms with Crippen LogP contribution in [0.3, 0.4) is 0 Å². The summed E-state index contributed by atoms with van der Waals surface area (Å²) in [5.41, 5.74) is 6.72. The van der Waals surface area contributed by atoms with Gasteiger partial charge >= 0.3 is 0 Å². The second kappa shape index (κ2) is 7.78. The number of thioether (sulfide) groups is 1. The summed E-state index contributed by atoms with van der Waals surface area (Å²) in [6.07, 6.45) is 1.27. The van der Waals surface area contributed by atoms with Crippen molar-refractivity contribution < 1.29 is 4.74 Å². The lowest BCUT2D eigenvalue weighted by Gasteiger charge is -2.31. The van der Waals surface area contributed by atoms with E-state index in [1.165, 1.54) is 25.3 Å². The molecule has 1 aromatic carbocycles. The van der Waals surface area contributed by atoms with Crippen LogP contribution in [0.4, 0.5) is 0 Å². The van der Waals surface area contributed by atoms with Crippen LogP contribution in [-0.2, 0) is 6.54 Å². The third-order valence-electron chi connectivity index (χ3n) is 3.51. The Morgan fingerprint density at radius 3 is 2.84 bits per heavy atom. The maximum absolute atomic E-state index is 5.79. The van der Waals surface area contributed by atoms with E-state index >= 15 is 0 Å². The second-order valence-corrected chi connectivity index (χ2v) is 6.31. The minimum absolute atomic E-state index is 0.587. The number of ether oxygens (including phenoxy) is 1. The van der Waals surface area contributed by atoms with Crippen molar-refractivity contribution in [2.24, 2.45) is 5.73 Å². The van der Waals surface area contributed by atoms with E-state index in [-0.39, 0.29) is 0 Å². The minimum Gasteiger partial charge on any atom is -0.492 e. The molecule has 1 atom stereocenters. The molecule has 3 nitrogen and oxygen atoms in total. The molecule has 19 heavy (non-hydrogen) atoms. The normalized spacial score (nSPS) is 20.4. The molecule has 0 amide bonds. The summed E-state index contributed by atoms with van der Waals surface area (Å²) < 4.78 is 5.79. The van der Waals surface area contributed by atoms with Crippen LogP contribution in [0, 0.1) is 0 Å². The highest BCUT2D eigenvalue weighted by Crippen LogP contribution is 2.20. The van der Waals surface area contributed by atoms with Gasteiger partial charge in [-0.25, -0.2) is 0 Å². The smallest absolute Gasteiger partial charge is 0.119 e. The lowest BCUT2D eigenvalue weighted by atomic mass is 10.2. The summed E-state index contributed by atoms with van der Waals surface area (Å²) in [5.74, 6) is 2.19. The van der Waals surface area contributed by atoms with Crippen molar-refractivity contribution in [1.29, 1.82) is 0 Å². The van der Waals surface area contributed by atoms with Gasteiger partial charge < -0.3 is 10.5 Å². The van der Waals surface area contributed by atoms with Crippen molar-refractivity contribution in [1.82, 2.24) is 4.90 Å². The predicted octanol–water partition coefficient (Wildman–Crippen LogP) is 2.35. The molecule has 1 aromatic rings. The number of nitrogens with two attached hydrogens (primary N) is 1. The number of hydrogen-bond donors (Lipinski definition) is 1. The molecule has 0 aliphatic carbocycles. The Balaban J connectivity index is 1.70. The molecule has 0 bridgehead atoms. The molecule has 0 aromatic heterocycles. The zero-order chi connectivity index (χ0) is 13.5. The molecule has 1 saturated heterocycles. The monoisotopic (exact) mass is 280 g/mol. The van der Waals surface area contributed by atoms with Crippen molar-refractivity contribution in [2.45, 2.75) is 25.1 Å². The van der Waals surface area contributed by atoms with Crippen LogP contribution in [0.1, 0.15) is 18.9 Å². The highest BCUT2D eigenvalue weighted by molar-refractivity contribution is 8.00. The maximum atomic E-state index is 5.79. The fourth-order valence-electron chi connectivity index (χ4n) is 2.24. The van der Waals surface area contributed by atoms with Crippen LogP contribution < -0.4 is 10.5 Å². The molecule has 2 rings (SSSR count). The largest absolute Gasteiger partial charge is 0.492 e. The molecule has 0 radical (unpaired) electrons. The van der Waals surface area contributed by atoms with Crippen LogP contribution >= 0.6 is 11.8 Å². The Labute approximate surface area is 120 Å². The molecule has 106 valence electrons. The summed E-state index contributed by atoms with van der Waals surface area (Å²) in [6, 6.07) is 8.06. The second-order valence-electron chi connectivity index (χ2n) is 4.90. The number of hydrogen-bond acceptors (Lipinski definition) is 4. The first kappa shape index (κ1) is 14.7. The molecule has 0 saturated carbocycles. The number of rotatable bonds is 6. The van der Waals surface area contributed by atoms with E-state index in [1.54, 1.807) is 0 Å². The lowest BCUT2D eigenvalue weighted by molar-refractivity contribution is 0.212. The van der Waals surface area contributed by atoms with Gasteiger partial charge in [-0.05, 0) is 24.1 Å². The third-order valence-corrected chi connectivity index (χ3v) is 4.89. The Bertz CT molecular complexity index is 369. The van der Waals surface area contributed by atoms with Crippen molar-refractivity contribution in [3.8, 4) is 5.75 Å². The fraction of sp³-hybridized carbons (Fsp3) is 0.600. The van der Waals surface area contributed by atoms with Gasteiger partial charge in [-0.3, -0.25) is 4.90 Å². The van der Waals surface area contributed by atoms with E-state index in [4.69, 9.17) is 10.5 Å². The number of benzene rings is 1. The Morgan fingerprint density at radius 2 is 2.16 bits per heavy atom. The Hall–Kier alpha value is -0.710. The van der Waals surface area contributed by atoms with Gasteiger partial charge in [0, 0.05) is 37.2 Å². The molecule has 2 N–H and O–H groups in total. The lowest BCUT2D eigenvalue weighted by Crippen LogP contribution is -2.39. The first-order chi connectivity index (χ1) is 9.31. The zero-order valence-electron chi connectivity index (χ0n) is 11.7. The van der Waals surface area contributed by atoms with Gasteiger partial charge in [0.1, 0.15) is 12.4 Å². The van der Waals surface area contributed by atoms with Crippen LogP contribution in [0.25, 0.3) is 0 Å². The molecule has 4 heteroatoms. The average Bonchev–Trinajstić information content (AvgIpc) is 2.48. The van der Waals surface area contributed by atoms with E-state index in [0.29, 0.717) is 6.54 Å². The maximum Gasteiger partial charge on any atom is 0.119 e. The van der Waals surface area contributed by atoms with E-state index in [1.807, 2.05) is 24.3 Å². The number of nitrogens with zero attached hydrogens (tertiary/aromatic N) is 1. The summed E-state index contributed by atoms with van der Waals surface area (Å²) in [4.78, 5) is 2.51. The van der Waals surface area contributed by atoms with Gasteiger partial charge in [0.05, 0.1) is 0 Å². The van der Waals surface area contributed by atoms with Gasteiger partial charge in [0.15, 0.2) is 0 Å². The van der Waals surface area contributed by atoms with Gasteiger partial charge in [-0.15, -0.1) is 0 Å². The summed E-state index contributed by atoms with van der Waals surface area (Å²) >= 11 is 2.11. The standard InChI is InChI=1S/C15H24N2OS/c1-2-15-12-17(8-10-19-15)7-9-18-14-5-3-13(11-16)4-6-14/h3-6,15H,2,7-12,16H2,1H3. The van der Waals surface area contributed by atoms with Crippen LogP contribution in [0.15, 0.2) is 24.3 Å². The molecular formula is C15H24N2OS. The van der Waals surface area contributed by atoms with Gasteiger partial charge in [-0.2, -0.15) is 11.8 Å². The van der Waals surface area contributed by atoms with E-state index in [0.717, 1.165) is 29.7 Å². The van der Waals surface area contributed by atoms with Gasteiger partial charge in [0.25, 0.3) is 0 Å². The fourth-order valence-corrected chi connectivity index (χ4v) is 3.49. The van der Waals surface area contributed by atoms with Crippen LogP contribution in [0.5, 0.6) is 5.75 Å². The first-order valence-corrected chi connectivity index (χ1v) is 8.12. The summed E-state index contributed by atoms with van der Waals surface area (Å²) in [5, 5.41) is 0.803. The first-order valence-electron chi connectivity index (χ1n) is 7.07. The van der Waals surface area contributed by atoms with Gasteiger partial charge in [0.2, 0.25) is 0 Å². The van der Waals surface area contributed by atoms with Crippen LogP contribution in [-0.4, -0.2) is 42.1 Å². The Morgan fingerprint density at radius 1 is 1.37 bits per heavy atom. The molecular weight excluding hydrogens is 256 g/mol. The molecule has 1 aliphatic heterocycles. The Kier molecular flexibility index (Phi) is 6.01. The predicted molar refractivity (Wildman–Crippen MR) is 82.8 cm³/mol. The SMILES string of the molecule is CCC1CN(CCOc2ccc(CN)cc2)CCS1. The van der Waals surface area contributed by atoms with E-state index in [9.17, 15) is 0 Å². The molecule has 1 unspecified atom stereocenters. The molecule has 1 aliphatic rings. The van der Waals surface area contributed by atoms with E-state index < -0.39 is 0 Å². The minimum atomic E-state index is 0.587. The highest BCUT2D eigenvalue weighted by Gasteiger charge is 2.18. The highest BCUT2D eigenvalue weighted by atomic mass is 32.2. The summed E-state index contributed by atoms with van der Waals surface area (Å²) in [6.45, 7) is 7.05. The van der Waals surface area contributed by atoms with Gasteiger partial charge in [-0.1, -0.05) is 19.1 Å². The molecule has 1 fully saturated rings. The van der Waals surface area contributed by atoms with Crippen LogP contribution in [0.2, 0.25) is 0 Å². The quantitative estimate of drug-likeness (QED) is 0.868. The average molecular weight is 280 g/mol. The molecule has 1 heterocycles. The van der Waals surface area contributed by atoms with Crippen molar-refractivity contribution in [3.63, 3.8) is 0 Å². The third kappa shape index (κ3) is 4.71. The topological polar surface area (TPSA) is 38.5 Å². The van der Waals surface area contributed by atoms with Crippen molar-refractivity contribution in [2.75, 3.05) is 32.0 Å². The van der Waals surface area contributed by atoms with E-state index in [2.05, 4.69) is 23.6 Å². The van der Waals surface area contributed by atoms with Crippen molar-refractivity contribution in [3.05, 3.63) is 29.8 Å². The zero-order valence-corrected chi connectivity index (χ0v) is 12.5. The molecule has 0 spiro atoms. The van der Waals surface area contributed by atoms with Crippen molar-refractivity contribution >= 4 is 11.8 Å².